The molecule has 138 valence electrons. The third kappa shape index (κ3) is 3.27. The topological polar surface area (TPSA) is 80.2 Å². The van der Waals surface area contributed by atoms with Gasteiger partial charge in [-0.05, 0) is 36.1 Å². The monoisotopic (exact) mass is 381 g/mol. The van der Waals surface area contributed by atoms with Gasteiger partial charge in [0.05, 0.1) is 10.5 Å². The smallest absolute Gasteiger partial charge is 0.268 e. The van der Waals surface area contributed by atoms with Crippen molar-refractivity contribution in [2.45, 2.75) is 12.8 Å². The van der Waals surface area contributed by atoms with Crippen LogP contribution >= 0.6 is 0 Å². The van der Waals surface area contributed by atoms with Crippen molar-refractivity contribution in [3.05, 3.63) is 76.3 Å². The highest BCUT2D eigenvalue weighted by Gasteiger charge is 2.23. The van der Waals surface area contributed by atoms with E-state index < -0.39 is 15.9 Å². The van der Waals surface area contributed by atoms with E-state index in [0.717, 1.165) is 22.0 Å². The van der Waals surface area contributed by atoms with Gasteiger partial charge in [0.1, 0.15) is 0 Å². The molecule has 0 saturated heterocycles. The number of hydrogen-bond acceptors (Lipinski definition) is 3. The number of carbonyl (C=O) groups is 1. The fraction of sp³-hybridized carbons (Fsp3) is 0.150. The summed E-state index contributed by atoms with van der Waals surface area (Å²) in [5.74, 6) is -0.493. The van der Waals surface area contributed by atoms with E-state index >= 15 is 0 Å². The van der Waals surface area contributed by atoms with Gasteiger partial charge in [-0.25, -0.2) is 8.42 Å². The summed E-state index contributed by atoms with van der Waals surface area (Å²) in [6.07, 6.45) is 4.40. The highest BCUT2D eigenvalue weighted by atomic mass is 32.2. The molecule has 1 aliphatic rings. The average Bonchev–Trinajstić information content (AvgIpc) is 3.03. The number of nitrogens with one attached hydrogen (secondary N) is 2. The molecule has 1 heterocycles. The Morgan fingerprint density at radius 3 is 2.63 bits per heavy atom. The van der Waals surface area contributed by atoms with Crippen LogP contribution in [0, 0.1) is 0 Å². The summed E-state index contributed by atoms with van der Waals surface area (Å²) in [7, 11) is -1.96. The number of allylic oxidation sites excluding steroid dienone is 1. The number of rotatable bonds is 4. The lowest BCUT2D eigenvalue weighted by Crippen LogP contribution is -2.42. The van der Waals surface area contributed by atoms with Gasteiger partial charge in [0, 0.05) is 24.1 Å². The molecule has 1 aromatic heterocycles. The minimum atomic E-state index is -3.80. The Morgan fingerprint density at radius 2 is 1.78 bits per heavy atom. The molecule has 2 N–H and O–H groups in total. The molecule has 0 bridgehead atoms. The molecule has 1 aliphatic carbocycles. The molecule has 0 unspecified atom stereocenters. The van der Waals surface area contributed by atoms with Crippen molar-refractivity contribution < 1.29 is 13.2 Å². The van der Waals surface area contributed by atoms with Crippen molar-refractivity contribution in [2.75, 3.05) is 0 Å². The van der Waals surface area contributed by atoms with Crippen molar-refractivity contribution in [3.63, 3.8) is 0 Å². The molecule has 1 amide bonds. The predicted octanol–water partition coefficient (Wildman–Crippen LogP) is 2.73. The molecular weight excluding hydrogens is 362 g/mol. The van der Waals surface area contributed by atoms with Gasteiger partial charge >= 0.3 is 0 Å². The lowest BCUT2D eigenvalue weighted by atomic mass is 9.98. The SMILES string of the molecule is Cn1cc(C(=O)NNS(=O)(=O)C2=Cc3ccccc3CC2)c2ccccc21. The molecule has 0 saturated carbocycles. The largest absolute Gasteiger partial charge is 0.350 e. The van der Waals surface area contributed by atoms with Gasteiger partial charge in [-0.1, -0.05) is 42.5 Å². The number of sulfonamides is 1. The van der Waals surface area contributed by atoms with Crippen molar-refractivity contribution in [1.29, 1.82) is 0 Å². The first-order valence-corrected chi connectivity index (χ1v) is 10.1. The number of nitrogens with zero attached hydrogens (tertiary/aromatic N) is 1. The highest BCUT2D eigenvalue weighted by Crippen LogP contribution is 2.26. The Kier molecular flexibility index (Phi) is 4.33. The van der Waals surface area contributed by atoms with Crippen molar-refractivity contribution in [1.82, 2.24) is 14.8 Å². The highest BCUT2D eigenvalue weighted by molar-refractivity contribution is 7.93. The molecule has 2 aromatic carbocycles. The molecule has 4 rings (SSSR count). The summed E-state index contributed by atoms with van der Waals surface area (Å²) in [5, 5.41) is 0.766. The number of aryl methyl sites for hydroxylation is 2. The van der Waals surface area contributed by atoms with Crippen LogP contribution in [-0.2, 0) is 23.5 Å². The molecule has 7 heteroatoms. The number of fused-ring (bicyclic) bond motifs is 2. The molecule has 0 aliphatic heterocycles. The van der Waals surface area contributed by atoms with Crippen LogP contribution in [0.15, 0.2) is 59.6 Å². The second kappa shape index (κ2) is 6.68. The Morgan fingerprint density at radius 1 is 1.04 bits per heavy atom. The number of aromatic nitrogens is 1. The molecule has 27 heavy (non-hydrogen) atoms. The minimum absolute atomic E-state index is 0.263. The lowest BCUT2D eigenvalue weighted by molar-refractivity contribution is 0.0946. The molecule has 0 fully saturated rings. The number of benzene rings is 2. The van der Waals surface area contributed by atoms with E-state index in [9.17, 15) is 13.2 Å². The molecule has 0 spiro atoms. The van der Waals surface area contributed by atoms with E-state index in [2.05, 4.69) is 10.3 Å². The van der Waals surface area contributed by atoms with Crippen molar-refractivity contribution in [3.8, 4) is 0 Å². The number of para-hydroxylation sites is 1. The van der Waals surface area contributed by atoms with Gasteiger partial charge in [0.2, 0.25) is 0 Å². The quantitative estimate of drug-likeness (QED) is 0.682. The van der Waals surface area contributed by atoms with Crippen LogP contribution < -0.4 is 10.3 Å². The zero-order valence-electron chi connectivity index (χ0n) is 14.8. The maximum Gasteiger partial charge on any atom is 0.268 e. The van der Waals surface area contributed by atoms with Gasteiger partial charge in [0.25, 0.3) is 15.9 Å². The van der Waals surface area contributed by atoms with Crippen LogP contribution in [0.4, 0.5) is 0 Å². The van der Waals surface area contributed by atoms with Gasteiger partial charge in [-0.3, -0.25) is 10.2 Å². The van der Waals surface area contributed by atoms with Crippen LogP contribution in [0.25, 0.3) is 17.0 Å². The van der Waals surface area contributed by atoms with Crippen LogP contribution in [0.1, 0.15) is 27.9 Å². The summed E-state index contributed by atoms with van der Waals surface area (Å²) >= 11 is 0. The molecule has 0 atom stereocenters. The van der Waals surface area contributed by atoms with Gasteiger partial charge in [0.15, 0.2) is 0 Å². The van der Waals surface area contributed by atoms with Gasteiger partial charge in [-0.2, -0.15) is 0 Å². The Hall–Kier alpha value is -2.90. The zero-order chi connectivity index (χ0) is 19.0. The van der Waals surface area contributed by atoms with Crippen molar-refractivity contribution in [2.24, 2.45) is 7.05 Å². The van der Waals surface area contributed by atoms with Crippen LogP contribution in [0.3, 0.4) is 0 Å². The fourth-order valence-electron chi connectivity index (χ4n) is 3.39. The normalized spacial score (nSPS) is 13.9. The van der Waals surface area contributed by atoms with E-state index in [1.54, 1.807) is 12.3 Å². The molecule has 0 radical (unpaired) electrons. The Bertz CT molecular complexity index is 1180. The van der Waals surface area contributed by atoms with Crippen LogP contribution in [0.5, 0.6) is 0 Å². The van der Waals surface area contributed by atoms with E-state index in [1.807, 2.05) is 60.1 Å². The third-order valence-corrected chi connectivity index (χ3v) is 6.18. The number of amides is 1. The third-order valence-electron chi connectivity index (χ3n) is 4.80. The lowest BCUT2D eigenvalue weighted by Gasteiger charge is -2.17. The Balaban J connectivity index is 1.54. The molecule has 6 nitrogen and oxygen atoms in total. The Labute approximate surface area is 157 Å². The maximum atomic E-state index is 12.6. The number of hydrogen-bond donors (Lipinski definition) is 2. The molecule has 3 aromatic rings. The van der Waals surface area contributed by atoms with E-state index in [0.29, 0.717) is 18.4 Å². The first-order chi connectivity index (χ1) is 13.0. The summed E-state index contributed by atoms with van der Waals surface area (Å²) < 4.78 is 27.0. The minimum Gasteiger partial charge on any atom is -0.350 e. The predicted molar refractivity (Wildman–Crippen MR) is 105 cm³/mol. The van der Waals surface area contributed by atoms with E-state index in [-0.39, 0.29) is 4.91 Å². The van der Waals surface area contributed by atoms with E-state index in [4.69, 9.17) is 0 Å². The summed E-state index contributed by atoms with van der Waals surface area (Å²) in [4.78, 5) is 15.0. The second-order valence-electron chi connectivity index (χ2n) is 6.54. The first kappa shape index (κ1) is 17.5. The van der Waals surface area contributed by atoms with E-state index in [1.165, 1.54) is 0 Å². The van der Waals surface area contributed by atoms with Gasteiger partial charge in [-0.15, -0.1) is 4.83 Å². The zero-order valence-corrected chi connectivity index (χ0v) is 15.6. The number of carbonyl (C=O) groups excluding carboxylic acids is 1. The van der Waals surface area contributed by atoms with Crippen LogP contribution in [0.2, 0.25) is 0 Å². The standard InChI is InChI=1S/C20H19N3O3S/c1-23-13-18(17-8-4-5-9-19(17)23)20(24)21-22-27(25,26)16-11-10-14-6-2-3-7-15(14)12-16/h2-9,12-13,22H,10-11H2,1H3,(H,21,24). The molecular formula is C20H19N3O3S. The number of hydrazine groups is 1. The van der Waals surface area contributed by atoms with Crippen molar-refractivity contribution >= 4 is 32.9 Å². The average molecular weight is 381 g/mol. The first-order valence-electron chi connectivity index (χ1n) is 8.60. The summed E-state index contributed by atoms with van der Waals surface area (Å²) in [6, 6.07) is 15.2. The fourth-order valence-corrected chi connectivity index (χ4v) is 4.40. The van der Waals surface area contributed by atoms with Crippen LogP contribution in [-0.4, -0.2) is 18.9 Å². The summed E-state index contributed by atoms with van der Waals surface area (Å²) in [6.45, 7) is 0. The summed E-state index contributed by atoms with van der Waals surface area (Å²) in [5.41, 5.74) is 5.67. The maximum absolute atomic E-state index is 12.6. The second-order valence-corrected chi connectivity index (χ2v) is 8.28. The van der Waals surface area contributed by atoms with Gasteiger partial charge < -0.3 is 4.57 Å².